The second-order valence-corrected chi connectivity index (χ2v) is 6.33. The molecule has 0 unspecified atom stereocenters. The average molecular weight is 332 g/mol. The summed E-state index contributed by atoms with van der Waals surface area (Å²) in [6.45, 7) is 4.46. The van der Waals surface area contributed by atoms with Gasteiger partial charge in [-0.15, -0.1) is 0 Å². The topological polar surface area (TPSA) is 71.2 Å². The Balaban J connectivity index is 1.72. The number of Topliss-reactive ketones (excluding diaryl/α,β-unsaturated/α-hetero) is 1. The number of nitrogens with zero attached hydrogens (tertiary/aromatic N) is 4. The third-order valence-electron chi connectivity index (χ3n) is 4.46. The van der Waals surface area contributed by atoms with Crippen LogP contribution in [-0.4, -0.2) is 44.6 Å². The van der Waals surface area contributed by atoms with Crippen molar-refractivity contribution in [3.05, 3.63) is 34.1 Å². The fourth-order valence-corrected chi connectivity index (χ4v) is 3.27. The first kappa shape index (κ1) is 14.7. The van der Waals surface area contributed by atoms with Gasteiger partial charge in [0.25, 0.3) is 0 Å². The molecule has 0 saturated carbocycles. The Morgan fingerprint density at radius 3 is 2.87 bits per heavy atom. The number of tetrazole rings is 1. The van der Waals surface area contributed by atoms with E-state index in [4.69, 9.17) is 21.7 Å². The van der Waals surface area contributed by atoms with E-state index in [1.165, 1.54) is 5.56 Å². The lowest BCUT2D eigenvalue weighted by Gasteiger charge is -2.25. The minimum Gasteiger partial charge on any atom is -0.343 e. The SMILES string of the molecule is Cc1ccc(-n2nnn([C@@H]3CC(=O)[C@H]4OC[C@@H]3O4)c2=S)cc1C. The average Bonchev–Trinajstić information content (AvgIpc) is 3.12. The third-order valence-corrected chi connectivity index (χ3v) is 4.82. The van der Waals surface area contributed by atoms with E-state index in [2.05, 4.69) is 17.4 Å². The normalized spacial score (nSPS) is 26.7. The van der Waals surface area contributed by atoms with Gasteiger partial charge < -0.3 is 9.47 Å². The summed E-state index contributed by atoms with van der Waals surface area (Å²) in [7, 11) is 0. The van der Waals surface area contributed by atoms with Crippen molar-refractivity contribution in [3.8, 4) is 5.69 Å². The summed E-state index contributed by atoms with van der Waals surface area (Å²) in [6.07, 6.45) is -0.635. The first-order valence-corrected chi connectivity index (χ1v) is 7.87. The van der Waals surface area contributed by atoms with Crippen LogP contribution in [0.15, 0.2) is 18.2 Å². The molecule has 0 radical (unpaired) electrons. The Bertz CT molecular complexity index is 843. The molecule has 7 nitrogen and oxygen atoms in total. The molecule has 2 bridgehead atoms. The lowest BCUT2D eigenvalue weighted by Crippen LogP contribution is -2.37. The van der Waals surface area contributed by atoms with Crippen molar-refractivity contribution >= 4 is 18.0 Å². The highest BCUT2D eigenvalue weighted by Crippen LogP contribution is 2.32. The number of aromatic nitrogens is 4. The van der Waals surface area contributed by atoms with Crippen LogP contribution in [0.25, 0.3) is 5.69 Å². The molecule has 1 aromatic heterocycles. The fraction of sp³-hybridized carbons (Fsp3) is 0.467. The van der Waals surface area contributed by atoms with Crippen LogP contribution in [0.3, 0.4) is 0 Å². The first-order valence-electron chi connectivity index (χ1n) is 7.46. The Labute approximate surface area is 137 Å². The number of fused-ring (bicyclic) bond motifs is 2. The molecule has 23 heavy (non-hydrogen) atoms. The maximum Gasteiger partial charge on any atom is 0.221 e. The zero-order chi connectivity index (χ0) is 16.1. The molecule has 1 aromatic carbocycles. The lowest BCUT2D eigenvalue weighted by molar-refractivity contribution is -0.156. The van der Waals surface area contributed by atoms with Gasteiger partial charge in [0.15, 0.2) is 5.78 Å². The Morgan fingerprint density at radius 2 is 2.09 bits per heavy atom. The molecular weight excluding hydrogens is 316 g/mol. The van der Waals surface area contributed by atoms with Gasteiger partial charge >= 0.3 is 0 Å². The second kappa shape index (κ2) is 5.33. The van der Waals surface area contributed by atoms with Crippen molar-refractivity contribution in [1.29, 1.82) is 0 Å². The number of rotatable bonds is 2. The number of carbonyl (C=O) groups is 1. The van der Waals surface area contributed by atoms with E-state index in [1.807, 2.05) is 25.1 Å². The van der Waals surface area contributed by atoms with E-state index in [9.17, 15) is 4.79 Å². The van der Waals surface area contributed by atoms with Crippen LogP contribution in [-0.2, 0) is 14.3 Å². The summed E-state index contributed by atoms with van der Waals surface area (Å²) in [4.78, 5) is 12.0. The van der Waals surface area contributed by atoms with E-state index in [0.717, 1.165) is 11.3 Å². The van der Waals surface area contributed by atoms with Crippen LogP contribution in [0, 0.1) is 18.6 Å². The molecule has 4 rings (SSSR count). The molecule has 0 aliphatic carbocycles. The fourth-order valence-electron chi connectivity index (χ4n) is 2.95. The predicted molar refractivity (Wildman–Crippen MR) is 82.9 cm³/mol. The number of hydrogen-bond donors (Lipinski definition) is 0. The van der Waals surface area contributed by atoms with Crippen molar-refractivity contribution in [1.82, 2.24) is 19.8 Å². The van der Waals surface area contributed by atoms with Crippen LogP contribution in [0.4, 0.5) is 0 Å². The molecule has 0 amide bonds. The Kier molecular flexibility index (Phi) is 3.40. The molecule has 2 aliphatic heterocycles. The molecule has 0 N–H and O–H groups in total. The number of hydrogen-bond acceptors (Lipinski definition) is 6. The molecule has 120 valence electrons. The van der Waals surface area contributed by atoms with Crippen LogP contribution in [0.2, 0.25) is 0 Å². The van der Waals surface area contributed by atoms with E-state index in [-0.39, 0.29) is 17.9 Å². The standard InChI is InChI=1S/C15H16N4O3S/c1-8-3-4-10(5-9(8)2)18-15(23)19(17-16-18)11-6-12(20)14-21-7-13(11)22-14/h3-5,11,13-14H,6-7H2,1-2H3/t11-,13+,14+/m1/s1. The van der Waals surface area contributed by atoms with Crippen molar-refractivity contribution < 1.29 is 14.3 Å². The van der Waals surface area contributed by atoms with Crippen molar-refractivity contribution in [2.75, 3.05) is 6.61 Å². The van der Waals surface area contributed by atoms with E-state index in [0.29, 0.717) is 17.8 Å². The quantitative estimate of drug-likeness (QED) is 0.779. The highest BCUT2D eigenvalue weighted by molar-refractivity contribution is 7.71. The predicted octanol–water partition coefficient (Wildman–Crippen LogP) is 1.67. The minimum atomic E-state index is -0.722. The molecule has 0 spiro atoms. The zero-order valence-corrected chi connectivity index (χ0v) is 13.6. The molecule has 2 aliphatic rings. The molecule has 2 aromatic rings. The largest absolute Gasteiger partial charge is 0.343 e. The number of benzene rings is 1. The van der Waals surface area contributed by atoms with E-state index in [1.54, 1.807) is 9.36 Å². The van der Waals surface area contributed by atoms with Crippen LogP contribution < -0.4 is 0 Å². The molecule has 3 atom stereocenters. The maximum absolute atomic E-state index is 12.0. The van der Waals surface area contributed by atoms with Gasteiger partial charge in [0, 0.05) is 6.42 Å². The number of aryl methyl sites for hydroxylation is 2. The van der Waals surface area contributed by atoms with Crippen LogP contribution in [0.1, 0.15) is 23.6 Å². The van der Waals surface area contributed by atoms with Gasteiger partial charge in [-0.3, -0.25) is 4.79 Å². The summed E-state index contributed by atoms with van der Waals surface area (Å²) >= 11 is 5.51. The smallest absolute Gasteiger partial charge is 0.221 e. The summed E-state index contributed by atoms with van der Waals surface area (Å²) in [5, 5.41) is 8.31. The highest BCUT2D eigenvalue weighted by atomic mass is 32.1. The Hall–Kier alpha value is -1.90. The maximum atomic E-state index is 12.0. The van der Waals surface area contributed by atoms with Gasteiger partial charge in [-0.2, -0.15) is 4.68 Å². The van der Waals surface area contributed by atoms with Gasteiger partial charge in [-0.1, -0.05) is 6.07 Å². The zero-order valence-electron chi connectivity index (χ0n) is 12.8. The van der Waals surface area contributed by atoms with E-state index < -0.39 is 6.29 Å². The van der Waals surface area contributed by atoms with Crippen molar-refractivity contribution in [2.24, 2.45) is 0 Å². The number of carbonyl (C=O) groups excluding carboxylic acids is 1. The van der Waals surface area contributed by atoms with E-state index >= 15 is 0 Å². The summed E-state index contributed by atoms with van der Waals surface area (Å²) < 4.78 is 14.5. The number of ether oxygens (including phenoxy) is 2. The third kappa shape index (κ3) is 2.34. The van der Waals surface area contributed by atoms with Gasteiger partial charge in [0.1, 0.15) is 6.10 Å². The molecular formula is C15H16N4O3S. The highest BCUT2D eigenvalue weighted by Gasteiger charge is 2.45. The number of ketones is 1. The molecule has 3 heterocycles. The van der Waals surface area contributed by atoms with Crippen LogP contribution in [0.5, 0.6) is 0 Å². The minimum absolute atomic E-state index is 0.0774. The van der Waals surface area contributed by atoms with Crippen molar-refractivity contribution in [3.63, 3.8) is 0 Å². The molecule has 8 heteroatoms. The van der Waals surface area contributed by atoms with Gasteiger partial charge in [0.2, 0.25) is 11.1 Å². The summed E-state index contributed by atoms with van der Waals surface area (Å²) in [6, 6.07) is 5.72. The van der Waals surface area contributed by atoms with Crippen LogP contribution >= 0.6 is 12.2 Å². The monoisotopic (exact) mass is 332 g/mol. The van der Waals surface area contributed by atoms with Gasteiger partial charge in [-0.25, -0.2) is 4.68 Å². The second-order valence-electron chi connectivity index (χ2n) is 5.96. The molecule has 2 saturated heterocycles. The Morgan fingerprint density at radius 1 is 1.26 bits per heavy atom. The van der Waals surface area contributed by atoms with Gasteiger partial charge in [-0.05, 0) is 59.8 Å². The lowest BCUT2D eigenvalue weighted by atomic mass is 10.0. The first-order chi connectivity index (χ1) is 11.0. The van der Waals surface area contributed by atoms with Gasteiger partial charge in [0.05, 0.1) is 18.3 Å². The summed E-state index contributed by atoms with van der Waals surface area (Å²) in [5.41, 5.74) is 3.21. The molecule has 2 fully saturated rings. The van der Waals surface area contributed by atoms with Crippen molar-refractivity contribution in [2.45, 2.75) is 38.7 Å². The summed E-state index contributed by atoms with van der Waals surface area (Å²) in [5.74, 6) is -0.0774.